The van der Waals surface area contributed by atoms with Crippen molar-refractivity contribution in [2.75, 3.05) is 26.8 Å². The minimum Gasteiger partial charge on any atom is -0.497 e. The lowest BCUT2D eigenvalue weighted by molar-refractivity contribution is -0.178. The van der Waals surface area contributed by atoms with Gasteiger partial charge < -0.3 is 20.1 Å². The lowest BCUT2D eigenvalue weighted by Crippen LogP contribution is -2.64. The molecule has 2 aliphatic heterocycles. The van der Waals surface area contributed by atoms with Crippen LogP contribution in [0.5, 0.6) is 5.75 Å². The molecule has 2 amide bonds. The molecule has 208 valence electrons. The zero-order valence-electron chi connectivity index (χ0n) is 23.3. The SMILES string of the molecule is CCCCOC1(c2ccccc2C)CN(C(=O)[C@H](Cc2ccc(OC)cc2)C(CC2N=NC(C)=N2)C(N)=O)C1. The number of amidine groups is 1. The highest BCUT2D eigenvalue weighted by Crippen LogP contribution is 2.40. The molecule has 39 heavy (non-hydrogen) atoms. The molecule has 9 nitrogen and oxygen atoms in total. The molecule has 2 heterocycles. The molecule has 2 aromatic carbocycles. The second-order valence-corrected chi connectivity index (χ2v) is 10.5. The maximum Gasteiger partial charge on any atom is 0.227 e. The fraction of sp³-hybridized carbons (Fsp3) is 0.500. The molecule has 4 rings (SSSR count). The van der Waals surface area contributed by atoms with Gasteiger partial charge in [0.1, 0.15) is 17.2 Å². The molecule has 2 aromatic rings. The zero-order chi connectivity index (χ0) is 28.0. The van der Waals surface area contributed by atoms with Crippen LogP contribution < -0.4 is 10.5 Å². The van der Waals surface area contributed by atoms with E-state index in [9.17, 15) is 9.59 Å². The van der Waals surface area contributed by atoms with Crippen LogP contribution in [0.3, 0.4) is 0 Å². The first-order chi connectivity index (χ1) is 18.8. The van der Waals surface area contributed by atoms with Gasteiger partial charge in [0.25, 0.3) is 0 Å². The molecule has 0 aromatic heterocycles. The molecule has 3 atom stereocenters. The third-order valence-corrected chi connectivity index (χ3v) is 7.64. The standard InChI is InChI=1S/C30H39N5O4/c1-5-6-15-39-30(26-10-8-7-9-20(26)2)18-35(19-30)29(37)25(16-22-11-13-23(38-4)14-12-22)24(28(31)36)17-27-32-21(3)33-34-27/h7-14,24-25,27H,5-6,15-19H2,1-4H3,(H2,31,36)/t24?,25-,27?/m1/s1. The molecule has 2 N–H and O–H groups in total. The highest BCUT2D eigenvalue weighted by atomic mass is 16.5. The van der Waals surface area contributed by atoms with E-state index >= 15 is 0 Å². The Bertz CT molecular complexity index is 1220. The summed E-state index contributed by atoms with van der Waals surface area (Å²) >= 11 is 0. The summed E-state index contributed by atoms with van der Waals surface area (Å²) in [6, 6.07) is 15.7. The largest absolute Gasteiger partial charge is 0.497 e. The van der Waals surface area contributed by atoms with Crippen molar-refractivity contribution in [2.45, 2.75) is 58.2 Å². The van der Waals surface area contributed by atoms with Gasteiger partial charge in [0, 0.05) is 13.0 Å². The topological polar surface area (TPSA) is 119 Å². The molecular weight excluding hydrogens is 494 g/mol. The van der Waals surface area contributed by atoms with Gasteiger partial charge in [-0.05, 0) is 55.5 Å². The molecule has 0 saturated carbocycles. The van der Waals surface area contributed by atoms with Crippen LogP contribution >= 0.6 is 0 Å². The van der Waals surface area contributed by atoms with E-state index in [0.717, 1.165) is 35.3 Å². The summed E-state index contributed by atoms with van der Waals surface area (Å²) in [6.07, 6.45) is 2.03. The van der Waals surface area contributed by atoms with E-state index in [-0.39, 0.29) is 12.3 Å². The molecule has 0 bridgehead atoms. The second-order valence-electron chi connectivity index (χ2n) is 10.5. The number of ether oxygens (including phenoxy) is 2. The normalized spacial score (nSPS) is 19.2. The van der Waals surface area contributed by atoms with E-state index in [1.54, 1.807) is 18.9 Å². The number of hydrogen-bond donors (Lipinski definition) is 1. The third-order valence-electron chi connectivity index (χ3n) is 7.64. The van der Waals surface area contributed by atoms with Gasteiger partial charge >= 0.3 is 0 Å². The van der Waals surface area contributed by atoms with E-state index in [1.165, 1.54) is 0 Å². The molecule has 1 fully saturated rings. The number of primary amides is 1. The Morgan fingerprint density at radius 1 is 1.10 bits per heavy atom. The molecule has 2 aliphatic rings. The zero-order valence-corrected chi connectivity index (χ0v) is 23.3. The number of hydrogen-bond acceptors (Lipinski definition) is 7. The molecule has 0 aliphatic carbocycles. The summed E-state index contributed by atoms with van der Waals surface area (Å²) < 4.78 is 11.7. The number of nitrogens with two attached hydrogens (primary N) is 1. The molecule has 0 spiro atoms. The van der Waals surface area contributed by atoms with Gasteiger partial charge in [-0.1, -0.05) is 49.7 Å². The predicted octanol–water partition coefficient (Wildman–Crippen LogP) is 4.42. The Morgan fingerprint density at radius 3 is 2.41 bits per heavy atom. The minimum absolute atomic E-state index is 0.117. The Labute approximate surface area is 230 Å². The number of rotatable bonds is 13. The van der Waals surface area contributed by atoms with Gasteiger partial charge in [-0.2, -0.15) is 5.11 Å². The molecule has 1 saturated heterocycles. The molecule has 0 radical (unpaired) electrons. The number of nitrogens with zero attached hydrogens (tertiary/aromatic N) is 4. The Hall–Kier alpha value is -3.59. The van der Waals surface area contributed by atoms with Crippen molar-refractivity contribution in [2.24, 2.45) is 32.8 Å². The predicted molar refractivity (Wildman–Crippen MR) is 150 cm³/mol. The first-order valence-electron chi connectivity index (χ1n) is 13.6. The number of carbonyl (C=O) groups is 2. The Morgan fingerprint density at radius 2 is 1.82 bits per heavy atom. The van der Waals surface area contributed by atoms with Crippen molar-refractivity contribution in [1.29, 1.82) is 0 Å². The van der Waals surface area contributed by atoms with Gasteiger partial charge in [0.2, 0.25) is 11.8 Å². The summed E-state index contributed by atoms with van der Waals surface area (Å²) in [7, 11) is 1.61. The summed E-state index contributed by atoms with van der Waals surface area (Å²) in [6.45, 7) is 7.42. The Balaban J connectivity index is 1.60. The number of aliphatic imine (C=N–C) groups is 1. The smallest absolute Gasteiger partial charge is 0.227 e. The number of carbonyl (C=O) groups excluding carboxylic acids is 2. The average molecular weight is 534 g/mol. The monoisotopic (exact) mass is 533 g/mol. The lowest BCUT2D eigenvalue weighted by atomic mass is 9.78. The first kappa shape index (κ1) is 28.4. The van der Waals surface area contributed by atoms with Gasteiger partial charge in [-0.3, -0.25) is 9.59 Å². The van der Waals surface area contributed by atoms with Crippen LogP contribution in [0.15, 0.2) is 63.8 Å². The van der Waals surface area contributed by atoms with Crippen molar-refractivity contribution in [1.82, 2.24) is 4.90 Å². The van der Waals surface area contributed by atoms with Crippen LogP contribution in [0.2, 0.25) is 0 Å². The fourth-order valence-electron chi connectivity index (χ4n) is 5.44. The average Bonchev–Trinajstić information content (AvgIpc) is 3.32. The van der Waals surface area contributed by atoms with Crippen molar-refractivity contribution in [3.05, 3.63) is 65.2 Å². The number of aryl methyl sites for hydroxylation is 1. The van der Waals surface area contributed by atoms with Crippen LogP contribution in [-0.4, -0.2) is 55.5 Å². The number of unbranched alkanes of at least 4 members (excludes halogenated alkanes) is 1. The van der Waals surface area contributed by atoms with E-state index in [1.807, 2.05) is 36.4 Å². The summed E-state index contributed by atoms with van der Waals surface area (Å²) in [5.41, 5.74) is 8.49. The van der Waals surface area contributed by atoms with E-state index in [4.69, 9.17) is 15.2 Å². The molecule has 2 unspecified atom stereocenters. The van der Waals surface area contributed by atoms with Crippen molar-refractivity contribution < 1.29 is 19.1 Å². The number of azo groups is 1. The number of methoxy groups -OCH3 is 1. The second kappa shape index (κ2) is 12.5. The number of amides is 2. The van der Waals surface area contributed by atoms with E-state index < -0.39 is 29.5 Å². The maximum absolute atomic E-state index is 14.1. The highest BCUT2D eigenvalue weighted by Gasteiger charge is 2.50. The minimum atomic E-state index is -0.757. The summed E-state index contributed by atoms with van der Waals surface area (Å²) in [5.74, 6) is -0.814. The van der Waals surface area contributed by atoms with Gasteiger partial charge in [-0.25, -0.2) is 4.99 Å². The quantitative estimate of drug-likeness (QED) is 0.383. The van der Waals surface area contributed by atoms with Gasteiger partial charge in [0.05, 0.1) is 32.0 Å². The number of benzene rings is 2. The summed E-state index contributed by atoms with van der Waals surface area (Å²) in [5, 5.41) is 8.15. The van der Waals surface area contributed by atoms with Crippen molar-refractivity contribution in [3.63, 3.8) is 0 Å². The first-order valence-corrected chi connectivity index (χ1v) is 13.6. The molecular formula is C30H39N5O4. The van der Waals surface area contributed by atoms with Crippen LogP contribution in [-0.2, 0) is 26.3 Å². The third kappa shape index (κ3) is 6.53. The van der Waals surface area contributed by atoms with Crippen LogP contribution in [0.1, 0.15) is 49.8 Å². The van der Waals surface area contributed by atoms with Crippen molar-refractivity contribution >= 4 is 17.6 Å². The Kier molecular flexibility index (Phi) is 9.12. The fourth-order valence-corrected chi connectivity index (χ4v) is 5.44. The van der Waals surface area contributed by atoms with Crippen molar-refractivity contribution in [3.8, 4) is 5.75 Å². The van der Waals surface area contributed by atoms with Gasteiger partial charge in [-0.15, -0.1) is 5.11 Å². The number of likely N-dealkylation sites (tertiary alicyclic amines) is 1. The lowest BCUT2D eigenvalue weighted by Gasteiger charge is -2.51. The molecule has 9 heteroatoms. The van der Waals surface area contributed by atoms with Crippen LogP contribution in [0.25, 0.3) is 0 Å². The van der Waals surface area contributed by atoms with E-state index in [2.05, 4.69) is 41.2 Å². The summed E-state index contributed by atoms with van der Waals surface area (Å²) in [4.78, 5) is 33.1. The van der Waals surface area contributed by atoms with Crippen LogP contribution in [0, 0.1) is 18.8 Å². The highest BCUT2D eigenvalue weighted by molar-refractivity contribution is 5.88. The van der Waals surface area contributed by atoms with Gasteiger partial charge in [0.15, 0.2) is 6.17 Å². The van der Waals surface area contributed by atoms with Crippen LogP contribution in [0.4, 0.5) is 0 Å². The van der Waals surface area contributed by atoms with E-state index in [0.29, 0.717) is 32.0 Å². The maximum atomic E-state index is 14.1.